The quantitative estimate of drug-likeness (QED) is 0.686. The molecule has 2 rings (SSSR count). The lowest BCUT2D eigenvalue weighted by Crippen LogP contribution is -2.34. The highest BCUT2D eigenvalue weighted by molar-refractivity contribution is 5.66. The molecule has 0 saturated carbocycles. The molecule has 25 heavy (non-hydrogen) atoms. The van der Waals surface area contributed by atoms with Gasteiger partial charge in [0, 0.05) is 32.0 Å². The van der Waals surface area contributed by atoms with Gasteiger partial charge < -0.3 is 18.9 Å². The zero-order valence-electron chi connectivity index (χ0n) is 14.6. The third-order valence-electron chi connectivity index (χ3n) is 3.77. The summed E-state index contributed by atoms with van der Waals surface area (Å²) < 4.78 is 22.6. The summed E-state index contributed by atoms with van der Waals surface area (Å²) in [6, 6.07) is 1.56. The number of aromatic nitrogens is 2. The molecule has 9 heteroatoms. The third kappa shape index (κ3) is 4.56. The van der Waals surface area contributed by atoms with Crippen LogP contribution in [0, 0.1) is 5.92 Å². The average molecular weight is 354 g/mol. The van der Waals surface area contributed by atoms with Crippen molar-refractivity contribution in [3.63, 3.8) is 0 Å². The number of hydrogen-bond acceptors (Lipinski definition) is 8. The molecule has 0 aliphatic carbocycles. The van der Waals surface area contributed by atoms with Gasteiger partial charge in [0.05, 0.1) is 6.61 Å². The van der Waals surface area contributed by atoms with E-state index < -0.39 is 36.1 Å². The van der Waals surface area contributed by atoms with E-state index in [9.17, 15) is 14.4 Å². The Bertz CT molecular complexity index is 687. The molecule has 9 nitrogen and oxygen atoms in total. The Balaban J connectivity index is 2.24. The SMILES string of the molecule is CCOc1ccn([C@@H]2O[C@H](COC(C)=O)C(OC(C)=O)[C@@H]2C)c(=O)n1. The molecule has 0 bridgehead atoms. The zero-order chi connectivity index (χ0) is 18.6. The Labute approximate surface area is 144 Å². The molecule has 4 atom stereocenters. The first-order valence-corrected chi connectivity index (χ1v) is 8.01. The first-order chi connectivity index (χ1) is 11.8. The van der Waals surface area contributed by atoms with Crippen molar-refractivity contribution in [1.29, 1.82) is 0 Å². The van der Waals surface area contributed by atoms with Crippen LogP contribution >= 0.6 is 0 Å². The molecule has 1 aliphatic heterocycles. The molecule has 2 heterocycles. The lowest BCUT2D eigenvalue weighted by molar-refractivity contribution is -0.156. The van der Waals surface area contributed by atoms with Crippen molar-refractivity contribution >= 4 is 11.9 Å². The van der Waals surface area contributed by atoms with Gasteiger partial charge in [-0.05, 0) is 6.92 Å². The third-order valence-corrected chi connectivity index (χ3v) is 3.77. The summed E-state index contributed by atoms with van der Waals surface area (Å²) >= 11 is 0. The maximum absolute atomic E-state index is 12.2. The normalized spacial score (nSPS) is 25.4. The van der Waals surface area contributed by atoms with Crippen molar-refractivity contribution in [3.8, 4) is 5.88 Å². The minimum atomic E-state index is -0.708. The standard InChI is InChI=1S/C16H22N2O7/c1-5-22-13-6-7-18(16(21)17-13)15-9(2)14(24-11(4)20)12(25-15)8-23-10(3)19/h6-7,9,12,14-15H,5,8H2,1-4H3/t9-,12+,14?,15+/m0/s1. The van der Waals surface area contributed by atoms with E-state index in [4.69, 9.17) is 18.9 Å². The molecule has 1 aromatic rings. The summed E-state index contributed by atoms with van der Waals surface area (Å²) in [5.74, 6) is -1.07. The molecule has 1 aromatic heterocycles. The lowest BCUT2D eigenvalue weighted by atomic mass is 10.0. The number of carbonyl (C=O) groups excluding carboxylic acids is 2. The maximum Gasteiger partial charge on any atom is 0.352 e. The van der Waals surface area contributed by atoms with Gasteiger partial charge in [-0.2, -0.15) is 4.98 Å². The van der Waals surface area contributed by atoms with Crippen LogP contribution in [-0.2, 0) is 23.8 Å². The topological polar surface area (TPSA) is 106 Å². The first kappa shape index (κ1) is 18.9. The second kappa shape index (κ2) is 8.11. The largest absolute Gasteiger partial charge is 0.478 e. The summed E-state index contributed by atoms with van der Waals surface area (Å²) in [4.78, 5) is 38.5. The van der Waals surface area contributed by atoms with E-state index in [1.54, 1.807) is 19.9 Å². The fraction of sp³-hybridized carbons (Fsp3) is 0.625. The van der Waals surface area contributed by atoms with E-state index in [0.717, 1.165) is 0 Å². The molecule has 0 amide bonds. The van der Waals surface area contributed by atoms with Crippen LogP contribution in [0.2, 0.25) is 0 Å². The predicted octanol–water partition coefficient (Wildman–Crippen LogP) is 0.670. The molecule has 1 fully saturated rings. The Kier molecular flexibility index (Phi) is 6.13. The van der Waals surface area contributed by atoms with E-state index in [0.29, 0.717) is 6.61 Å². The Morgan fingerprint density at radius 3 is 2.60 bits per heavy atom. The summed E-state index contributed by atoms with van der Waals surface area (Å²) in [5, 5.41) is 0. The van der Waals surface area contributed by atoms with Gasteiger partial charge in [0.2, 0.25) is 5.88 Å². The minimum absolute atomic E-state index is 0.0761. The number of ether oxygens (including phenoxy) is 4. The molecule has 138 valence electrons. The van der Waals surface area contributed by atoms with Crippen LogP contribution < -0.4 is 10.4 Å². The molecule has 0 spiro atoms. The number of hydrogen-bond donors (Lipinski definition) is 0. The minimum Gasteiger partial charge on any atom is -0.478 e. The molecule has 0 radical (unpaired) electrons. The van der Waals surface area contributed by atoms with Crippen LogP contribution in [0.1, 0.15) is 33.9 Å². The van der Waals surface area contributed by atoms with Crippen molar-refractivity contribution in [2.45, 2.75) is 46.1 Å². The second-order valence-electron chi connectivity index (χ2n) is 5.69. The Hall–Kier alpha value is -2.42. The fourth-order valence-corrected chi connectivity index (χ4v) is 2.73. The lowest BCUT2D eigenvalue weighted by Gasteiger charge is -2.20. The van der Waals surface area contributed by atoms with Crippen molar-refractivity contribution in [2.24, 2.45) is 5.92 Å². The van der Waals surface area contributed by atoms with Crippen LogP contribution in [0.4, 0.5) is 0 Å². The Morgan fingerprint density at radius 2 is 2.04 bits per heavy atom. The van der Waals surface area contributed by atoms with Crippen LogP contribution in [0.15, 0.2) is 17.1 Å². The zero-order valence-corrected chi connectivity index (χ0v) is 14.6. The summed E-state index contributed by atoms with van der Waals surface area (Å²) in [6.07, 6.45) is -0.521. The number of esters is 2. The average Bonchev–Trinajstić information content (AvgIpc) is 2.82. The molecule has 0 aromatic carbocycles. The predicted molar refractivity (Wildman–Crippen MR) is 84.9 cm³/mol. The first-order valence-electron chi connectivity index (χ1n) is 8.01. The van der Waals surface area contributed by atoms with Gasteiger partial charge in [0.15, 0.2) is 0 Å². The highest BCUT2D eigenvalue weighted by Gasteiger charge is 2.46. The second-order valence-corrected chi connectivity index (χ2v) is 5.69. The van der Waals surface area contributed by atoms with Crippen LogP contribution in [0.25, 0.3) is 0 Å². The van der Waals surface area contributed by atoms with Crippen LogP contribution in [-0.4, -0.2) is 46.9 Å². The highest BCUT2D eigenvalue weighted by Crippen LogP contribution is 2.36. The van der Waals surface area contributed by atoms with Gasteiger partial charge in [-0.15, -0.1) is 0 Å². The van der Waals surface area contributed by atoms with Gasteiger partial charge in [-0.25, -0.2) is 4.79 Å². The fourth-order valence-electron chi connectivity index (χ4n) is 2.73. The monoisotopic (exact) mass is 354 g/mol. The van der Waals surface area contributed by atoms with Crippen molar-refractivity contribution < 1.29 is 28.5 Å². The van der Waals surface area contributed by atoms with Crippen molar-refractivity contribution in [2.75, 3.05) is 13.2 Å². The highest BCUT2D eigenvalue weighted by atomic mass is 16.6. The number of carbonyl (C=O) groups is 2. The smallest absolute Gasteiger partial charge is 0.352 e. The van der Waals surface area contributed by atoms with Gasteiger partial charge in [0.1, 0.15) is 25.0 Å². The van der Waals surface area contributed by atoms with Gasteiger partial charge in [-0.3, -0.25) is 14.2 Å². The van der Waals surface area contributed by atoms with E-state index >= 15 is 0 Å². The van der Waals surface area contributed by atoms with Crippen molar-refractivity contribution in [3.05, 3.63) is 22.7 Å². The number of rotatable bonds is 6. The molecular formula is C16H22N2O7. The van der Waals surface area contributed by atoms with E-state index in [-0.39, 0.29) is 18.4 Å². The van der Waals surface area contributed by atoms with Crippen LogP contribution in [0.3, 0.4) is 0 Å². The summed E-state index contributed by atoms with van der Waals surface area (Å²) in [5.41, 5.74) is -0.544. The van der Waals surface area contributed by atoms with E-state index in [1.807, 2.05) is 0 Å². The van der Waals surface area contributed by atoms with Gasteiger partial charge >= 0.3 is 17.6 Å². The Morgan fingerprint density at radius 1 is 1.32 bits per heavy atom. The molecular weight excluding hydrogens is 332 g/mol. The molecule has 1 unspecified atom stereocenters. The van der Waals surface area contributed by atoms with E-state index in [1.165, 1.54) is 24.6 Å². The molecule has 0 N–H and O–H groups in total. The van der Waals surface area contributed by atoms with Crippen LogP contribution in [0.5, 0.6) is 5.88 Å². The van der Waals surface area contributed by atoms with Gasteiger partial charge in [0.25, 0.3) is 0 Å². The number of nitrogens with zero attached hydrogens (tertiary/aromatic N) is 2. The molecule has 1 aliphatic rings. The summed E-state index contributed by atoms with van der Waals surface area (Å²) in [6.45, 7) is 6.46. The van der Waals surface area contributed by atoms with Gasteiger partial charge in [-0.1, -0.05) is 6.92 Å². The van der Waals surface area contributed by atoms with E-state index in [2.05, 4.69) is 4.98 Å². The van der Waals surface area contributed by atoms with Crippen molar-refractivity contribution in [1.82, 2.24) is 9.55 Å². The summed E-state index contributed by atoms with van der Waals surface area (Å²) in [7, 11) is 0. The maximum atomic E-state index is 12.2. The molecule has 1 saturated heterocycles.